The minimum Gasteiger partial charge on any atom is -0.397 e. The number of hydrogen-bond donors (Lipinski definition) is 2. The van der Waals surface area contributed by atoms with Crippen molar-refractivity contribution < 1.29 is 4.79 Å². The summed E-state index contributed by atoms with van der Waals surface area (Å²) in [6.07, 6.45) is 2.97. The first-order chi connectivity index (χ1) is 9.58. The third kappa shape index (κ3) is 2.94. The second-order valence-corrected chi connectivity index (χ2v) is 6.76. The summed E-state index contributed by atoms with van der Waals surface area (Å²) in [6.45, 7) is 4.13. The van der Waals surface area contributed by atoms with E-state index in [9.17, 15) is 4.79 Å². The molecule has 1 atom stereocenters. The summed E-state index contributed by atoms with van der Waals surface area (Å²) in [5.74, 6) is 0.871. The number of rotatable bonds is 5. The van der Waals surface area contributed by atoms with Gasteiger partial charge in [0, 0.05) is 21.9 Å². The molecular formula is C15H20N2OS2. The number of fused-ring (bicyclic) bond motifs is 1. The summed E-state index contributed by atoms with van der Waals surface area (Å²) < 4.78 is 1.10. The van der Waals surface area contributed by atoms with E-state index in [1.807, 2.05) is 31.4 Å². The number of benzene rings is 1. The summed E-state index contributed by atoms with van der Waals surface area (Å²) in [4.78, 5) is 13.0. The van der Waals surface area contributed by atoms with E-state index in [0.29, 0.717) is 10.6 Å². The van der Waals surface area contributed by atoms with Crippen molar-refractivity contribution in [3.8, 4) is 0 Å². The van der Waals surface area contributed by atoms with Gasteiger partial charge in [-0.1, -0.05) is 25.1 Å². The van der Waals surface area contributed by atoms with Crippen molar-refractivity contribution in [3.63, 3.8) is 0 Å². The second-order valence-electron chi connectivity index (χ2n) is 4.83. The van der Waals surface area contributed by atoms with Crippen LogP contribution in [0.5, 0.6) is 0 Å². The smallest absolute Gasteiger partial charge is 0.263 e. The molecule has 0 saturated heterocycles. The fraction of sp³-hybridized carbons (Fsp3) is 0.400. The maximum absolute atomic E-state index is 12.4. The molecule has 1 heterocycles. The van der Waals surface area contributed by atoms with E-state index in [-0.39, 0.29) is 11.9 Å². The number of thioether (sulfide) groups is 1. The third-order valence-corrected chi connectivity index (χ3v) is 5.44. The standard InChI is InChI=1S/C15H20N2OS2/c1-4-10(8-19-3)17-15(18)14-12(16)11-7-5-6-9(2)13(11)20-14/h5-7,10H,4,8,16H2,1-3H3,(H,17,18). The summed E-state index contributed by atoms with van der Waals surface area (Å²) >= 11 is 3.23. The molecule has 0 bridgehead atoms. The highest BCUT2D eigenvalue weighted by Crippen LogP contribution is 2.35. The zero-order valence-corrected chi connectivity index (χ0v) is 13.7. The van der Waals surface area contributed by atoms with Crippen LogP contribution in [0.15, 0.2) is 18.2 Å². The fourth-order valence-corrected chi connectivity index (χ4v) is 3.98. The molecule has 2 rings (SSSR count). The second kappa shape index (κ2) is 6.50. The normalized spacial score (nSPS) is 12.6. The average molecular weight is 308 g/mol. The lowest BCUT2D eigenvalue weighted by Gasteiger charge is -2.15. The molecular weight excluding hydrogens is 288 g/mol. The van der Waals surface area contributed by atoms with E-state index in [2.05, 4.69) is 12.2 Å². The number of amides is 1. The quantitative estimate of drug-likeness (QED) is 0.886. The van der Waals surface area contributed by atoms with Crippen LogP contribution in [-0.2, 0) is 0 Å². The first kappa shape index (κ1) is 15.2. The van der Waals surface area contributed by atoms with Crippen molar-refractivity contribution >= 4 is 44.8 Å². The van der Waals surface area contributed by atoms with Gasteiger partial charge in [-0.25, -0.2) is 0 Å². The molecule has 0 aliphatic rings. The molecule has 3 nitrogen and oxygen atoms in total. The molecule has 0 saturated carbocycles. The molecule has 0 fully saturated rings. The monoisotopic (exact) mass is 308 g/mol. The molecule has 5 heteroatoms. The van der Waals surface area contributed by atoms with Crippen molar-refractivity contribution in [2.45, 2.75) is 26.3 Å². The SMILES string of the molecule is CCC(CSC)NC(=O)c1sc2c(C)cccc2c1N. The Bertz CT molecular complexity index is 622. The number of nitrogen functional groups attached to an aromatic ring is 1. The van der Waals surface area contributed by atoms with E-state index >= 15 is 0 Å². The van der Waals surface area contributed by atoms with Crippen molar-refractivity contribution in [1.29, 1.82) is 0 Å². The third-order valence-electron chi connectivity index (χ3n) is 3.35. The van der Waals surface area contributed by atoms with Gasteiger partial charge in [0.2, 0.25) is 0 Å². The van der Waals surface area contributed by atoms with Gasteiger partial charge in [0.05, 0.1) is 5.69 Å². The summed E-state index contributed by atoms with van der Waals surface area (Å²) in [5.41, 5.74) is 7.91. The Labute approximate surface area is 127 Å². The molecule has 3 N–H and O–H groups in total. The highest BCUT2D eigenvalue weighted by atomic mass is 32.2. The van der Waals surface area contributed by atoms with Crippen molar-refractivity contribution in [3.05, 3.63) is 28.6 Å². The zero-order chi connectivity index (χ0) is 14.7. The number of nitrogens with one attached hydrogen (secondary N) is 1. The lowest BCUT2D eigenvalue weighted by Crippen LogP contribution is -2.36. The van der Waals surface area contributed by atoms with Crippen LogP contribution in [0.1, 0.15) is 28.6 Å². The Kier molecular flexibility index (Phi) is 4.94. The minimum absolute atomic E-state index is 0.0519. The first-order valence-corrected chi connectivity index (χ1v) is 8.86. The molecule has 0 radical (unpaired) electrons. The van der Waals surface area contributed by atoms with Crippen LogP contribution in [0.25, 0.3) is 10.1 Å². The van der Waals surface area contributed by atoms with Gasteiger partial charge in [0.1, 0.15) is 4.88 Å². The molecule has 1 aromatic carbocycles. The summed E-state index contributed by atoms with van der Waals surface area (Å²) in [5, 5.41) is 4.06. The molecule has 0 aliphatic carbocycles. The van der Waals surface area contributed by atoms with Gasteiger partial charge in [0.15, 0.2) is 0 Å². The lowest BCUT2D eigenvalue weighted by atomic mass is 10.1. The van der Waals surface area contributed by atoms with Crippen LogP contribution >= 0.6 is 23.1 Å². The highest BCUT2D eigenvalue weighted by Gasteiger charge is 2.19. The Morgan fingerprint density at radius 3 is 2.85 bits per heavy atom. The zero-order valence-electron chi connectivity index (χ0n) is 12.0. The Balaban J connectivity index is 2.31. The van der Waals surface area contributed by atoms with Gasteiger partial charge >= 0.3 is 0 Å². The van der Waals surface area contributed by atoms with Gasteiger partial charge in [-0.2, -0.15) is 11.8 Å². The Morgan fingerprint density at radius 1 is 1.50 bits per heavy atom. The van der Waals surface area contributed by atoms with Crippen LogP contribution in [0.2, 0.25) is 0 Å². The largest absolute Gasteiger partial charge is 0.397 e. The lowest BCUT2D eigenvalue weighted by molar-refractivity contribution is 0.0945. The number of nitrogens with two attached hydrogens (primary N) is 1. The Morgan fingerprint density at radius 2 is 2.25 bits per heavy atom. The number of carbonyl (C=O) groups is 1. The summed E-state index contributed by atoms with van der Waals surface area (Å²) in [6, 6.07) is 6.20. The molecule has 1 aromatic heterocycles. The number of aryl methyl sites for hydroxylation is 1. The van der Waals surface area contributed by atoms with Crippen LogP contribution in [0.4, 0.5) is 5.69 Å². The van der Waals surface area contributed by atoms with Crippen molar-refractivity contribution in [1.82, 2.24) is 5.32 Å². The van der Waals surface area contributed by atoms with Crippen LogP contribution in [-0.4, -0.2) is 24.0 Å². The van der Waals surface area contributed by atoms with Gasteiger partial charge in [0.25, 0.3) is 5.91 Å². The predicted molar refractivity (Wildman–Crippen MR) is 90.9 cm³/mol. The molecule has 108 valence electrons. The van der Waals surface area contributed by atoms with E-state index in [1.165, 1.54) is 11.3 Å². The van der Waals surface area contributed by atoms with E-state index in [0.717, 1.165) is 27.8 Å². The van der Waals surface area contributed by atoms with Crippen molar-refractivity contribution in [2.24, 2.45) is 0 Å². The van der Waals surface area contributed by atoms with Crippen LogP contribution < -0.4 is 11.1 Å². The van der Waals surface area contributed by atoms with Crippen LogP contribution in [0.3, 0.4) is 0 Å². The highest BCUT2D eigenvalue weighted by molar-refractivity contribution is 7.98. The van der Waals surface area contributed by atoms with Crippen molar-refractivity contribution in [2.75, 3.05) is 17.7 Å². The fourth-order valence-electron chi connectivity index (χ4n) is 2.16. The maximum atomic E-state index is 12.4. The summed E-state index contributed by atoms with van der Waals surface area (Å²) in [7, 11) is 0. The first-order valence-electron chi connectivity index (χ1n) is 6.65. The number of anilines is 1. The van der Waals surface area contributed by atoms with Crippen LogP contribution in [0, 0.1) is 6.92 Å². The maximum Gasteiger partial charge on any atom is 0.263 e. The number of carbonyl (C=O) groups excluding carboxylic acids is 1. The van der Waals surface area contributed by atoms with Gasteiger partial charge in [-0.3, -0.25) is 4.79 Å². The van der Waals surface area contributed by atoms with Gasteiger partial charge < -0.3 is 11.1 Å². The van der Waals surface area contributed by atoms with E-state index in [1.54, 1.807) is 11.8 Å². The predicted octanol–water partition coefficient (Wildman–Crippen LogP) is 3.66. The molecule has 1 amide bonds. The topological polar surface area (TPSA) is 55.1 Å². The van der Waals surface area contributed by atoms with Gasteiger partial charge in [-0.15, -0.1) is 11.3 Å². The molecule has 20 heavy (non-hydrogen) atoms. The molecule has 0 aliphatic heterocycles. The van der Waals surface area contributed by atoms with Gasteiger partial charge in [-0.05, 0) is 25.2 Å². The van der Waals surface area contributed by atoms with E-state index < -0.39 is 0 Å². The minimum atomic E-state index is -0.0519. The average Bonchev–Trinajstić information content (AvgIpc) is 2.77. The number of hydrogen-bond acceptors (Lipinski definition) is 4. The number of thiophene rings is 1. The Hall–Kier alpha value is -1.20. The molecule has 2 aromatic rings. The van der Waals surface area contributed by atoms with E-state index in [4.69, 9.17) is 5.73 Å². The molecule has 0 spiro atoms. The molecule has 1 unspecified atom stereocenters.